The summed E-state index contributed by atoms with van der Waals surface area (Å²) < 4.78 is 50.3. The van der Waals surface area contributed by atoms with E-state index in [-0.39, 0.29) is 34.9 Å². The van der Waals surface area contributed by atoms with Crippen LogP contribution >= 0.6 is 11.6 Å². The van der Waals surface area contributed by atoms with Crippen LogP contribution in [0.5, 0.6) is 0 Å². The molecule has 1 fully saturated rings. The van der Waals surface area contributed by atoms with E-state index in [9.17, 15) is 12.8 Å². The summed E-state index contributed by atoms with van der Waals surface area (Å²) in [5, 5.41) is -0.145. The van der Waals surface area contributed by atoms with Crippen molar-refractivity contribution in [2.45, 2.75) is 24.3 Å². The quantitative estimate of drug-likeness (QED) is 0.918. The van der Waals surface area contributed by atoms with E-state index in [0.29, 0.717) is 13.0 Å². The molecule has 1 atom stereocenters. The number of nitrogens with one attached hydrogen (secondary N) is 1. The Bertz CT molecular complexity index is 587. The molecule has 0 unspecified atom stereocenters. The second-order valence-corrected chi connectivity index (χ2v) is 6.63. The average Bonchev–Trinajstić information content (AvgIpc) is 2.42. The zero-order valence-electron chi connectivity index (χ0n) is 10.9. The molecule has 2 rings (SSSR count). The van der Waals surface area contributed by atoms with E-state index in [0.717, 1.165) is 6.07 Å². The number of sulfonamides is 1. The summed E-state index contributed by atoms with van der Waals surface area (Å²) in [7, 11) is -3.80. The molecule has 1 aliphatic heterocycles. The highest BCUT2D eigenvalue weighted by molar-refractivity contribution is 7.89. The largest absolute Gasteiger partial charge is 0.355 e. The Morgan fingerprint density at radius 1 is 1.50 bits per heavy atom. The highest BCUT2D eigenvalue weighted by atomic mass is 35.5. The molecule has 0 spiro atoms. The average molecular weight is 324 g/mol. The van der Waals surface area contributed by atoms with Crippen LogP contribution in [0.15, 0.2) is 17.0 Å². The Morgan fingerprint density at radius 3 is 2.90 bits per heavy atom. The van der Waals surface area contributed by atoms with Crippen LogP contribution in [0.3, 0.4) is 0 Å². The van der Waals surface area contributed by atoms with Gasteiger partial charge < -0.3 is 9.47 Å². The molecule has 1 aromatic carbocycles. The Hall–Kier alpha value is -0.730. The van der Waals surface area contributed by atoms with Crippen LogP contribution in [-0.4, -0.2) is 34.5 Å². The van der Waals surface area contributed by atoms with Crippen LogP contribution in [0.2, 0.25) is 5.02 Å². The van der Waals surface area contributed by atoms with E-state index in [1.165, 1.54) is 13.0 Å². The third-order valence-corrected chi connectivity index (χ3v) is 4.86. The van der Waals surface area contributed by atoms with Gasteiger partial charge in [-0.25, -0.2) is 17.5 Å². The first kappa shape index (κ1) is 15.7. The van der Waals surface area contributed by atoms with E-state index >= 15 is 0 Å². The van der Waals surface area contributed by atoms with Crippen LogP contribution in [0.25, 0.3) is 0 Å². The highest BCUT2D eigenvalue weighted by Gasteiger charge is 2.22. The molecule has 0 amide bonds. The number of halogens is 2. The third kappa shape index (κ3) is 3.67. The van der Waals surface area contributed by atoms with Gasteiger partial charge in [0.05, 0.1) is 17.7 Å². The lowest BCUT2D eigenvalue weighted by Crippen LogP contribution is -2.37. The monoisotopic (exact) mass is 323 g/mol. The lowest BCUT2D eigenvalue weighted by atomic mass is 10.2. The van der Waals surface area contributed by atoms with Crippen molar-refractivity contribution in [3.05, 3.63) is 28.5 Å². The topological polar surface area (TPSA) is 64.6 Å². The summed E-state index contributed by atoms with van der Waals surface area (Å²) in [6.45, 7) is 2.29. The van der Waals surface area contributed by atoms with Gasteiger partial charge in [-0.3, -0.25) is 0 Å². The normalized spacial score (nSPS) is 20.1. The Balaban J connectivity index is 2.11. The molecule has 1 heterocycles. The zero-order valence-corrected chi connectivity index (χ0v) is 12.4. The van der Waals surface area contributed by atoms with E-state index in [2.05, 4.69) is 4.72 Å². The predicted octanol–water partition coefficient (Wildman–Crippen LogP) is 1.83. The minimum Gasteiger partial charge on any atom is -0.355 e. The maximum Gasteiger partial charge on any atom is 0.242 e. The summed E-state index contributed by atoms with van der Waals surface area (Å²) in [4.78, 5) is -0.134. The van der Waals surface area contributed by atoms with Gasteiger partial charge >= 0.3 is 0 Å². The fourth-order valence-electron chi connectivity index (χ4n) is 1.78. The van der Waals surface area contributed by atoms with Crippen LogP contribution in [0.4, 0.5) is 4.39 Å². The van der Waals surface area contributed by atoms with Crippen LogP contribution in [-0.2, 0) is 19.5 Å². The van der Waals surface area contributed by atoms with Crippen molar-refractivity contribution in [3.8, 4) is 0 Å². The Labute approximate surface area is 122 Å². The van der Waals surface area contributed by atoms with Crippen molar-refractivity contribution < 1.29 is 22.3 Å². The molecule has 5 nitrogen and oxygen atoms in total. The van der Waals surface area contributed by atoms with Crippen molar-refractivity contribution in [2.75, 3.05) is 19.9 Å². The molecule has 1 aromatic rings. The highest BCUT2D eigenvalue weighted by Crippen LogP contribution is 2.24. The molecule has 20 heavy (non-hydrogen) atoms. The van der Waals surface area contributed by atoms with E-state index < -0.39 is 15.8 Å². The molecule has 1 N–H and O–H groups in total. The van der Waals surface area contributed by atoms with Gasteiger partial charge in [-0.05, 0) is 31.0 Å². The minimum atomic E-state index is -3.80. The predicted molar refractivity (Wildman–Crippen MR) is 71.6 cm³/mol. The second-order valence-electron chi connectivity index (χ2n) is 4.49. The van der Waals surface area contributed by atoms with Gasteiger partial charge in [-0.2, -0.15) is 0 Å². The van der Waals surface area contributed by atoms with Gasteiger partial charge in [0, 0.05) is 6.54 Å². The fourth-order valence-corrected chi connectivity index (χ4v) is 3.44. The number of ether oxygens (including phenoxy) is 2. The first-order valence-corrected chi connectivity index (χ1v) is 7.91. The molecular formula is C12H15ClFNO4S. The molecule has 1 saturated heterocycles. The minimum absolute atomic E-state index is 0.123. The molecule has 0 aromatic heterocycles. The van der Waals surface area contributed by atoms with Gasteiger partial charge in [0.2, 0.25) is 10.0 Å². The van der Waals surface area contributed by atoms with Crippen molar-refractivity contribution in [3.63, 3.8) is 0 Å². The molecule has 0 saturated carbocycles. The number of hydrogen-bond donors (Lipinski definition) is 1. The van der Waals surface area contributed by atoms with E-state index in [1.54, 1.807) is 0 Å². The van der Waals surface area contributed by atoms with Crippen molar-refractivity contribution in [1.82, 2.24) is 4.72 Å². The molecular weight excluding hydrogens is 309 g/mol. The van der Waals surface area contributed by atoms with Gasteiger partial charge in [0.15, 0.2) is 0 Å². The van der Waals surface area contributed by atoms with Crippen LogP contribution in [0, 0.1) is 12.7 Å². The van der Waals surface area contributed by atoms with Crippen molar-refractivity contribution >= 4 is 21.6 Å². The molecule has 1 aliphatic rings. The molecule has 8 heteroatoms. The zero-order chi connectivity index (χ0) is 14.8. The van der Waals surface area contributed by atoms with Gasteiger partial charge in [-0.1, -0.05) is 11.6 Å². The van der Waals surface area contributed by atoms with Crippen LogP contribution in [0.1, 0.15) is 12.0 Å². The molecule has 0 aliphatic carbocycles. The standard InChI is InChI=1S/C12H15ClFNO4S/c1-8-4-12(10(13)5-11(8)14)20(16,17)15-6-9-2-3-18-7-19-9/h4-5,9,15H,2-3,6-7H2,1H3/t9-/m0/s1. The summed E-state index contributed by atoms with van der Waals surface area (Å²) in [5.41, 5.74) is 0.220. The van der Waals surface area contributed by atoms with E-state index in [4.69, 9.17) is 21.1 Å². The number of hydrogen-bond acceptors (Lipinski definition) is 4. The van der Waals surface area contributed by atoms with Gasteiger partial charge in [-0.15, -0.1) is 0 Å². The lowest BCUT2D eigenvalue weighted by molar-refractivity contribution is -0.136. The Kier molecular flexibility index (Phi) is 4.98. The lowest BCUT2D eigenvalue weighted by Gasteiger charge is -2.23. The van der Waals surface area contributed by atoms with E-state index in [1.807, 2.05) is 0 Å². The number of benzene rings is 1. The summed E-state index contributed by atoms with van der Waals surface area (Å²) >= 11 is 5.80. The third-order valence-electron chi connectivity index (χ3n) is 2.97. The maximum atomic E-state index is 13.3. The molecule has 0 radical (unpaired) electrons. The van der Waals surface area contributed by atoms with Gasteiger partial charge in [0.25, 0.3) is 0 Å². The first-order valence-electron chi connectivity index (χ1n) is 6.05. The summed E-state index contributed by atoms with van der Waals surface area (Å²) in [6.07, 6.45) is 0.373. The second kappa shape index (κ2) is 6.36. The Morgan fingerprint density at radius 2 is 2.25 bits per heavy atom. The summed E-state index contributed by atoms with van der Waals surface area (Å²) in [6, 6.07) is 2.21. The van der Waals surface area contributed by atoms with Crippen molar-refractivity contribution in [2.24, 2.45) is 0 Å². The summed E-state index contributed by atoms with van der Waals surface area (Å²) in [5.74, 6) is -0.540. The molecule has 0 bridgehead atoms. The van der Waals surface area contributed by atoms with Gasteiger partial charge in [0.1, 0.15) is 17.5 Å². The molecule has 112 valence electrons. The maximum absolute atomic E-state index is 13.3. The number of rotatable bonds is 4. The van der Waals surface area contributed by atoms with Crippen molar-refractivity contribution in [1.29, 1.82) is 0 Å². The smallest absolute Gasteiger partial charge is 0.242 e. The fraction of sp³-hybridized carbons (Fsp3) is 0.500. The first-order chi connectivity index (χ1) is 9.40. The number of aryl methyl sites for hydroxylation is 1. The SMILES string of the molecule is Cc1cc(S(=O)(=O)NC[C@@H]2CCOCO2)c(Cl)cc1F. The van der Waals surface area contributed by atoms with Crippen LogP contribution < -0.4 is 4.72 Å².